The van der Waals surface area contributed by atoms with Gasteiger partial charge in [-0.15, -0.1) is 24.0 Å². The monoisotopic (exact) mass is 425 g/mol. The molecule has 0 heterocycles. The number of rotatable bonds is 5. The number of nitrogens with zero attached hydrogens (tertiary/aromatic N) is 1. The lowest BCUT2D eigenvalue weighted by atomic mass is 10.0. The second-order valence-electron chi connectivity index (χ2n) is 5.15. The Labute approximate surface area is 154 Å². The summed E-state index contributed by atoms with van der Waals surface area (Å²) in [5.74, 6) is 0.628. The molecule has 2 aromatic carbocycles. The first-order chi connectivity index (χ1) is 10.6. The maximum atomic E-state index is 9.45. The molecule has 0 unspecified atom stereocenters. The number of aliphatic imine (C=N–C) groups is 1. The Morgan fingerprint density at radius 1 is 1.09 bits per heavy atom. The number of guanidine groups is 1. The lowest BCUT2D eigenvalue weighted by Gasteiger charge is -2.14. The number of aromatic hydroxyl groups is 1. The second kappa shape index (κ2) is 9.39. The van der Waals surface area contributed by atoms with Crippen LogP contribution >= 0.6 is 24.0 Å². The smallest absolute Gasteiger partial charge is 0.193 e. The zero-order valence-corrected chi connectivity index (χ0v) is 15.9. The molecule has 0 aliphatic carbocycles. The van der Waals surface area contributed by atoms with Crippen molar-refractivity contribution in [2.24, 2.45) is 10.7 Å². The predicted octanol–water partition coefficient (Wildman–Crippen LogP) is 4.06. The van der Waals surface area contributed by atoms with Crippen LogP contribution in [0.25, 0.3) is 0 Å². The number of benzene rings is 2. The van der Waals surface area contributed by atoms with Crippen molar-refractivity contribution in [3.8, 4) is 5.75 Å². The molecular formula is C18H24IN3O. The first-order valence-electron chi connectivity index (χ1n) is 7.59. The van der Waals surface area contributed by atoms with Crippen LogP contribution in [-0.4, -0.2) is 11.1 Å². The SMILES string of the molecule is CCc1cccc(CC)c1NC(N)=NCc1cccc(O)c1.I. The normalized spacial score (nSPS) is 11.0. The third kappa shape index (κ3) is 5.42. The van der Waals surface area contributed by atoms with E-state index in [1.807, 2.05) is 6.07 Å². The largest absolute Gasteiger partial charge is 0.508 e. The topological polar surface area (TPSA) is 70.6 Å². The molecule has 0 saturated heterocycles. The predicted molar refractivity (Wildman–Crippen MR) is 108 cm³/mol. The third-order valence-corrected chi connectivity index (χ3v) is 3.59. The standard InChI is InChI=1S/C18H23N3O.HI/c1-3-14-8-6-9-15(4-2)17(14)21-18(19)20-12-13-7-5-10-16(22)11-13;/h5-11,22H,3-4,12H2,1-2H3,(H3,19,20,21);1H. The number of anilines is 1. The van der Waals surface area contributed by atoms with E-state index in [-0.39, 0.29) is 29.7 Å². The van der Waals surface area contributed by atoms with Crippen LogP contribution in [0.1, 0.15) is 30.5 Å². The van der Waals surface area contributed by atoms with Gasteiger partial charge in [0.05, 0.1) is 6.54 Å². The number of nitrogens with two attached hydrogens (primary N) is 1. The van der Waals surface area contributed by atoms with Gasteiger partial charge in [0.25, 0.3) is 0 Å². The summed E-state index contributed by atoms with van der Waals surface area (Å²) in [6.07, 6.45) is 1.88. The maximum Gasteiger partial charge on any atom is 0.193 e. The summed E-state index contributed by atoms with van der Waals surface area (Å²) in [4.78, 5) is 4.35. The van der Waals surface area contributed by atoms with Crippen LogP contribution in [0.3, 0.4) is 0 Å². The summed E-state index contributed by atoms with van der Waals surface area (Å²) >= 11 is 0. The Morgan fingerprint density at radius 3 is 2.26 bits per heavy atom. The summed E-state index contributed by atoms with van der Waals surface area (Å²) in [6.45, 7) is 4.68. The van der Waals surface area contributed by atoms with Crippen LogP contribution in [0.2, 0.25) is 0 Å². The van der Waals surface area contributed by atoms with Crippen LogP contribution in [0.5, 0.6) is 5.75 Å². The van der Waals surface area contributed by atoms with Gasteiger partial charge in [-0.25, -0.2) is 4.99 Å². The first kappa shape index (κ1) is 19.3. The molecule has 4 N–H and O–H groups in total. The number of para-hydroxylation sites is 1. The first-order valence-corrected chi connectivity index (χ1v) is 7.59. The fourth-order valence-corrected chi connectivity index (χ4v) is 2.40. The molecule has 0 atom stereocenters. The van der Waals surface area contributed by atoms with E-state index >= 15 is 0 Å². The second-order valence-corrected chi connectivity index (χ2v) is 5.15. The van der Waals surface area contributed by atoms with E-state index < -0.39 is 0 Å². The fraction of sp³-hybridized carbons (Fsp3) is 0.278. The lowest BCUT2D eigenvalue weighted by molar-refractivity contribution is 0.474. The molecule has 0 fully saturated rings. The number of aryl methyl sites for hydroxylation is 2. The van der Waals surface area contributed by atoms with E-state index in [2.05, 4.69) is 42.4 Å². The molecule has 5 heteroatoms. The Bertz CT molecular complexity index is 649. The maximum absolute atomic E-state index is 9.45. The van der Waals surface area contributed by atoms with Crippen LogP contribution in [0.4, 0.5) is 5.69 Å². The Balaban J connectivity index is 0.00000264. The molecule has 23 heavy (non-hydrogen) atoms. The van der Waals surface area contributed by atoms with Gasteiger partial charge in [-0.05, 0) is 41.7 Å². The number of hydrogen-bond acceptors (Lipinski definition) is 2. The zero-order chi connectivity index (χ0) is 15.9. The molecule has 2 aromatic rings. The Kier molecular flexibility index (Phi) is 7.88. The van der Waals surface area contributed by atoms with Gasteiger partial charge in [0.2, 0.25) is 0 Å². The van der Waals surface area contributed by atoms with Gasteiger partial charge in [-0.1, -0.05) is 44.2 Å². The van der Waals surface area contributed by atoms with Gasteiger partial charge in [0, 0.05) is 5.69 Å². The number of phenolic OH excluding ortho intramolecular Hbond substituents is 1. The van der Waals surface area contributed by atoms with Crippen LogP contribution in [-0.2, 0) is 19.4 Å². The minimum Gasteiger partial charge on any atom is -0.508 e. The van der Waals surface area contributed by atoms with Crippen LogP contribution < -0.4 is 11.1 Å². The van der Waals surface area contributed by atoms with Crippen molar-refractivity contribution in [2.45, 2.75) is 33.2 Å². The fourth-order valence-electron chi connectivity index (χ4n) is 2.40. The van der Waals surface area contributed by atoms with Crippen molar-refractivity contribution < 1.29 is 5.11 Å². The average molecular weight is 425 g/mol. The zero-order valence-electron chi connectivity index (χ0n) is 13.5. The summed E-state index contributed by atoms with van der Waals surface area (Å²) in [6, 6.07) is 13.3. The van der Waals surface area contributed by atoms with Crippen LogP contribution in [0, 0.1) is 0 Å². The number of hydrogen-bond donors (Lipinski definition) is 3. The molecule has 0 saturated carbocycles. The van der Waals surface area contributed by atoms with Gasteiger partial charge in [-0.2, -0.15) is 0 Å². The van der Waals surface area contributed by atoms with E-state index in [1.54, 1.807) is 18.2 Å². The summed E-state index contributed by atoms with van der Waals surface area (Å²) in [5, 5.41) is 12.7. The van der Waals surface area contributed by atoms with E-state index in [0.717, 1.165) is 24.1 Å². The molecule has 0 aliphatic rings. The van der Waals surface area contributed by atoms with Crippen molar-refractivity contribution in [3.05, 3.63) is 59.2 Å². The average Bonchev–Trinajstić information content (AvgIpc) is 2.53. The van der Waals surface area contributed by atoms with Gasteiger partial charge in [0.1, 0.15) is 5.75 Å². The van der Waals surface area contributed by atoms with Gasteiger partial charge >= 0.3 is 0 Å². The third-order valence-electron chi connectivity index (χ3n) is 3.59. The molecule has 2 rings (SSSR count). The van der Waals surface area contributed by atoms with Crippen molar-refractivity contribution in [2.75, 3.05) is 5.32 Å². The molecule has 0 radical (unpaired) electrons. The van der Waals surface area contributed by atoms with Gasteiger partial charge in [-0.3, -0.25) is 0 Å². The van der Waals surface area contributed by atoms with Crippen molar-refractivity contribution in [1.29, 1.82) is 0 Å². The molecule has 124 valence electrons. The number of halogens is 1. The highest BCUT2D eigenvalue weighted by atomic mass is 127. The van der Waals surface area contributed by atoms with E-state index in [9.17, 15) is 5.11 Å². The molecule has 4 nitrogen and oxygen atoms in total. The molecule has 0 amide bonds. The molecule has 0 aromatic heterocycles. The van der Waals surface area contributed by atoms with Crippen molar-refractivity contribution >= 4 is 35.6 Å². The number of phenols is 1. The van der Waals surface area contributed by atoms with Gasteiger partial charge < -0.3 is 16.2 Å². The number of nitrogens with one attached hydrogen (secondary N) is 1. The minimum atomic E-state index is 0. The lowest BCUT2D eigenvalue weighted by Crippen LogP contribution is -2.24. The van der Waals surface area contributed by atoms with Crippen LogP contribution in [0.15, 0.2) is 47.5 Å². The molecular weight excluding hydrogens is 401 g/mol. The summed E-state index contributed by atoms with van der Waals surface area (Å²) < 4.78 is 0. The highest BCUT2D eigenvalue weighted by molar-refractivity contribution is 14.0. The highest BCUT2D eigenvalue weighted by Crippen LogP contribution is 2.22. The highest BCUT2D eigenvalue weighted by Gasteiger charge is 2.07. The molecule has 0 spiro atoms. The minimum absolute atomic E-state index is 0. The van der Waals surface area contributed by atoms with Crippen molar-refractivity contribution in [3.63, 3.8) is 0 Å². The van der Waals surface area contributed by atoms with Crippen molar-refractivity contribution in [1.82, 2.24) is 0 Å². The summed E-state index contributed by atoms with van der Waals surface area (Å²) in [5.41, 5.74) is 10.5. The Hall–Kier alpha value is -1.76. The quantitative estimate of drug-likeness (QED) is 0.385. The molecule has 0 aliphatic heterocycles. The van der Waals surface area contributed by atoms with E-state index in [1.165, 1.54) is 11.1 Å². The van der Waals surface area contributed by atoms with Gasteiger partial charge in [0.15, 0.2) is 5.96 Å². The summed E-state index contributed by atoms with van der Waals surface area (Å²) in [7, 11) is 0. The van der Waals surface area contributed by atoms with E-state index in [0.29, 0.717) is 12.5 Å². The Morgan fingerprint density at radius 2 is 1.70 bits per heavy atom. The van der Waals surface area contributed by atoms with E-state index in [4.69, 9.17) is 5.73 Å². The molecule has 0 bridgehead atoms.